The number of rotatable bonds is 13. The fourth-order valence-electron chi connectivity index (χ4n) is 3.72. The van der Waals surface area contributed by atoms with Gasteiger partial charge in [0.25, 0.3) is 0 Å². The minimum atomic E-state index is -3.89. The lowest BCUT2D eigenvalue weighted by molar-refractivity contribution is -0.614. The predicted molar refractivity (Wildman–Crippen MR) is 139 cm³/mol. The lowest BCUT2D eigenvalue weighted by atomic mass is 10.1. The summed E-state index contributed by atoms with van der Waals surface area (Å²) in [4.78, 5) is 25.3. The van der Waals surface area contributed by atoms with E-state index < -0.39 is 27.9 Å². The molecule has 1 aromatic heterocycles. The Hall–Kier alpha value is -3.80. The summed E-state index contributed by atoms with van der Waals surface area (Å²) in [5.74, 6) is -1.42. The van der Waals surface area contributed by atoms with Gasteiger partial charge in [-0.2, -0.15) is 4.73 Å². The van der Waals surface area contributed by atoms with Gasteiger partial charge in [-0.1, -0.05) is 60.7 Å². The zero-order chi connectivity index (χ0) is 26.7. The van der Waals surface area contributed by atoms with Crippen LogP contribution in [0.1, 0.15) is 28.8 Å². The molecule has 0 aliphatic heterocycles. The molecule has 2 amide bonds. The smallest absolute Gasteiger partial charge is 0.239 e. The molecule has 3 rings (SSSR count). The van der Waals surface area contributed by atoms with Gasteiger partial charge in [0, 0.05) is 31.6 Å². The van der Waals surface area contributed by atoms with E-state index in [1.54, 1.807) is 48.5 Å². The summed E-state index contributed by atoms with van der Waals surface area (Å²) in [6.45, 7) is 0.235. The van der Waals surface area contributed by atoms with Crippen LogP contribution >= 0.6 is 0 Å². The molecule has 1 heterocycles. The van der Waals surface area contributed by atoms with Gasteiger partial charge in [0.2, 0.25) is 21.8 Å². The first kappa shape index (κ1) is 27.8. The van der Waals surface area contributed by atoms with E-state index in [0.29, 0.717) is 22.5 Å². The quantitative estimate of drug-likeness (QED) is 0.189. The summed E-state index contributed by atoms with van der Waals surface area (Å²) < 4.78 is 28.7. The Balaban J connectivity index is 1.62. The number of aryl methyl sites for hydroxylation is 1. The Labute approximate surface area is 216 Å². The van der Waals surface area contributed by atoms with Crippen molar-refractivity contribution in [2.45, 2.75) is 37.7 Å². The lowest BCUT2D eigenvalue weighted by Gasteiger charge is -2.18. The number of hydrogen-bond donors (Lipinski definition) is 4. The van der Waals surface area contributed by atoms with E-state index in [0.717, 1.165) is 11.1 Å². The monoisotopic (exact) mass is 525 g/mol. The van der Waals surface area contributed by atoms with Crippen molar-refractivity contribution in [1.82, 2.24) is 15.4 Å². The van der Waals surface area contributed by atoms with E-state index in [2.05, 4.69) is 15.4 Å². The van der Waals surface area contributed by atoms with Gasteiger partial charge in [-0.15, -0.1) is 0 Å². The summed E-state index contributed by atoms with van der Waals surface area (Å²) in [6, 6.07) is 19.7. The van der Waals surface area contributed by atoms with Crippen molar-refractivity contribution < 1.29 is 22.7 Å². The van der Waals surface area contributed by atoms with E-state index in [1.165, 1.54) is 6.20 Å². The van der Waals surface area contributed by atoms with Crippen LogP contribution in [0.3, 0.4) is 0 Å². The maximum atomic E-state index is 12.9. The highest BCUT2D eigenvalue weighted by atomic mass is 32.2. The second kappa shape index (κ2) is 13.5. The first-order valence-corrected chi connectivity index (χ1v) is 13.4. The van der Waals surface area contributed by atoms with Gasteiger partial charge in [-0.3, -0.25) is 9.59 Å². The Morgan fingerprint density at radius 1 is 0.919 bits per heavy atom. The molecule has 0 aliphatic carbocycles. The standard InChI is InChI=1S/C26H31N5O5S/c27-16-21-10-4-5-11-22(21)17-28-25(32)18-29-26(33)24(14-13-23-12-6-7-15-31(23)34)30-37(35,36)19-20-8-2-1-3-9-20/h1-12,15,24,30H,13-14,16-19,27H2,(H,28,32)(H,29,33). The molecule has 2 aromatic carbocycles. The van der Waals surface area contributed by atoms with Crippen molar-refractivity contribution in [1.29, 1.82) is 0 Å². The molecule has 0 radical (unpaired) electrons. The number of nitrogens with one attached hydrogen (secondary N) is 3. The van der Waals surface area contributed by atoms with Crippen LogP contribution in [0.2, 0.25) is 0 Å². The zero-order valence-electron chi connectivity index (χ0n) is 20.3. The number of carbonyl (C=O) groups is 2. The molecule has 0 saturated carbocycles. The molecule has 196 valence electrons. The molecular weight excluding hydrogens is 494 g/mol. The van der Waals surface area contributed by atoms with Crippen molar-refractivity contribution in [2.75, 3.05) is 6.54 Å². The highest BCUT2D eigenvalue weighted by Gasteiger charge is 2.26. The number of sulfonamides is 1. The maximum Gasteiger partial charge on any atom is 0.239 e. The Kier molecular flexibility index (Phi) is 10.1. The molecule has 0 bridgehead atoms. The number of benzene rings is 2. The molecule has 3 aromatic rings. The Morgan fingerprint density at radius 2 is 1.59 bits per heavy atom. The van der Waals surface area contributed by atoms with Gasteiger partial charge in [0.05, 0.1) is 12.3 Å². The Morgan fingerprint density at radius 3 is 2.30 bits per heavy atom. The highest BCUT2D eigenvalue weighted by Crippen LogP contribution is 2.09. The van der Waals surface area contributed by atoms with Crippen molar-refractivity contribution in [3.8, 4) is 0 Å². The molecule has 37 heavy (non-hydrogen) atoms. The van der Waals surface area contributed by atoms with Crippen molar-refractivity contribution in [3.63, 3.8) is 0 Å². The molecule has 10 nitrogen and oxygen atoms in total. The van der Waals surface area contributed by atoms with Gasteiger partial charge in [0.15, 0.2) is 11.9 Å². The van der Waals surface area contributed by atoms with Crippen LogP contribution in [0.4, 0.5) is 0 Å². The average molecular weight is 526 g/mol. The van der Waals surface area contributed by atoms with Crippen molar-refractivity contribution in [2.24, 2.45) is 5.73 Å². The van der Waals surface area contributed by atoms with Gasteiger partial charge in [-0.25, -0.2) is 13.1 Å². The Bertz CT molecular complexity index is 1300. The second-order valence-corrected chi connectivity index (χ2v) is 10.2. The molecular formula is C26H31N5O5S. The highest BCUT2D eigenvalue weighted by molar-refractivity contribution is 7.88. The molecule has 1 atom stereocenters. The largest absolute Gasteiger partial charge is 0.619 e. The summed E-state index contributed by atoms with van der Waals surface area (Å²) >= 11 is 0. The summed E-state index contributed by atoms with van der Waals surface area (Å²) in [5, 5.41) is 17.2. The second-order valence-electron chi connectivity index (χ2n) is 8.44. The fraction of sp³-hybridized carbons (Fsp3) is 0.269. The molecule has 0 saturated heterocycles. The van der Waals surface area contributed by atoms with Crippen LogP contribution in [-0.2, 0) is 44.9 Å². The topological polar surface area (TPSA) is 157 Å². The van der Waals surface area contributed by atoms with Gasteiger partial charge in [-0.05, 0) is 23.1 Å². The lowest BCUT2D eigenvalue weighted by Crippen LogP contribution is -2.49. The number of nitrogens with two attached hydrogens (primary N) is 1. The van der Waals surface area contributed by atoms with Crippen LogP contribution in [0, 0.1) is 5.21 Å². The molecule has 11 heteroatoms. The summed E-state index contributed by atoms with van der Waals surface area (Å²) in [5.41, 5.74) is 8.44. The molecule has 0 fully saturated rings. The third-order valence-corrected chi connectivity index (χ3v) is 7.03. The number of amides is 2. The van der Waals surface area contributed by atoms with Crippen LogP contribution in [-0.4, -0.2) is 32.8 Å². The van der Waals surface area contributed by atoms with Crippen LogP contribution in [0.5, 0.6) is 0 Å². The van der Waals surface area contributed by atoms with Crippen molar-refractivity contribution in [3.05, 3.63) is 107 Å². The van der Waals surface area contributed by atoms with Crippen LogP contribution in [0.25, 0.3) is 0 Å². The van der Waals surface area contributed by atoms with Gasteiger partial charge in [0.1, 0.15) is 6.04 Å². The van der Waals surface area contributed by atoms with Gasteiger partial charge < -0.3 is 21.6 Å². The summed E-state index contributed by atoms with van der Waals surface area (Å²) in [6.07, 6.45) is 1.51. The normalized spacial score (nSPS) is 12.0. The minimum absolute atomic E-state index is 0.0254. The summed E-state index contributed by atoms with van der Waals surface area (Å²) in [7, 11) is -3.89. The third kappa shape index (κ3) is 8.98. The number of carbonyl (C=O) groups excluding carboxylic acids is 2. The maximum absolute atomic E-state index is 12.9. The minimum Gasteiger partial charge on any atom is -0.619 e. The molecule has 1 unspecified atom stereocenters. The molecule has 0 spiro atoms. The first-order valence-electron chi connectivity index (χ1n) is 11.8. The molecule has 5 N–H and O–H groups in total. The first-order chi connectivity index (χ1) is 17.8. The van der Waals surface area contributed by atoms with E-state index in [4.69, 9.17) is 5.73 Å². The van der Waals surface area contributed by atoms with E-state index in [1.807, 2.05) is 24.3 Å². The van der Waals surface area contributed by atoms with Crippen molar-refractivity contribution >= 4 is 21.8 Å². The van der Waals surface area contributed by atoms with E-state index in [-0.39, 0.29) is 31.7 Å². The van der Waals surface area contributed by atoms with Crippen LogP contribution in [0.15, 0.2) is 79.0 Å². The zero-order valence-corrected chi connectivity index (χ0v) is 21.1. The number of pyridine rings is 1. The van der Waals surface area contributed by atoms with Gasteiger partial charge >= 0.3 is 0 Å². The van der Waals surface area contributed by atoms with E-state index in [9.17, 15) is 23.2 Å². The predicted octanol–water partition coefficient (Wildman–Crippen LogP) is 0.632. The SMILES string of the molecule is NCc1ccccc1CNC(=O)CNC(=O)C(CCc1cccc[n+]1[O-])NS(=O)(=O)Cc1ccccc1. The number of hydrogen-bond acceptors (Lipinski definition) is 6. The number of aromatic nitrogens is 1. The molecule has 0 aliphatic rings. The van der Waals surface area contributed by atoms with E-state index >= 15 is 0 Å². The third-order valence-electron chi connectivity index (χ3n) is 5.67. The average Bonchev–Trinajstić information content (AvgIpc) is 2.89. The van der Waals surface area contributed by atoms with Crippen LogP contribution < -0.4 is 25.8 Å². The number of nitrogens with zero attached hydrogens (tertiary/aromatic N) is 1. The fourth-order valence-corrected chi connectivity index (χ4v) is 5.09.